The van der Waals surface area contributed by atoms with E-state index in [1.807, 2.05) is 30.3 Å². The second kappa shape index (κ2) is 5.92. The van der Waals surface area contributed by atoms with Crippen LogP contribution in [0, 0.1) is 0 Å². The number of hydrogen-bond acceptors (Lipinski definition) is 4. The summed E-state index contributed by atoms with van der Waals surface area (Å²) in [5.74, 6) is 0.147. The minimum atomic E-state index is -0.263. The number of carbonyl (C=O) groups is 1. The van der Waals surface area contributed by atoms with Crippen LogP contribution in [0.15, 0.2) is 67.4 Å². The first-order valence-electron chi connectivity index (χ1n) is 6.41. The van der Waals surface area contributed by atoms with Crippen LogP contribution >= 0.6 is 0 Å². The number of hydrogen-bond donors (Lipinski definition) is 1. The molecule has 0 bridgehead atoms. The summed E-state index contributed by atoms with van der Waals surface area (Å²) in [7, 11) is 0. The zero-order valence-corrected chi connectivity index (χ0v) is 11.1. The summed E-state index contributed by atoms with van der Waals surface area (Å²) in [4.78, 5) is 24.2. The third-order valence-electron chi connectivity index (χ3n) is 2.91. The van der Waals surface area contributed by atoms with Crippen molar-refractivity contribution in [2.24, 2.45) is 0 Å². The summed E-state index contributed by atoms with van der Waals surface area (Å²) in [5.41, 5.74) is 2.38. The molecule has 1 N–H and O–H groups in total. The maximum absolute atomic E-state index is 12.2. The molecular formula is C16H12N4O. The minimum Gasteiger partial charge on any atom is -0.305 e. The molecule has 0 aliphatic carbocycles. The maximum atomic E-state index is 12.2. The summed E-state index contributed by atoms with van der Waals surface area (Å²) in [6.45, 7) is 0. The Kier molecular flexibility index (Phi) is 3.64. The number of anilines is 1. The number of nitrogens with zero attached hydrogens (tertiary/aromatic N) is 3. The van der Waals surface area contributed by atoms with Gasteiger partial charge in [0.1, 0.15) is 0 Å². The van der Waals surface area contributed by atoms with E-state index in [9.17, 15) is 4.79 Å². The van der Waals surface area contributed by atoms with Crippen LogP contribution in [-0.2, 0) is 0 Å². The molecule has 2 heterocycles. The molecule has 5 heteroatoms. The summed E-state index contributed by atoms with van der Waals surface area (Å²) >= 11 is 0. The van der Waals surface area contributed by atoms with Gasteiger partial charge in [0, 0.05) is 30.4 Å². The second-order valence-corrected chi connectivity index (χ2v) is 4.37. The molecule has 102 valence electrons. The van der Waals surface area contributed by atoms with E-state index in [-0.39, 0.29) is 5.91 Å². The van der Waals surface area contributed by atoms with E-state index >= 15 is 0 Å². The zero-order chi connectivity index (χ0) is 14.5. The van der Waals surface area contributed by atoms with E-state index in [1.54, 1.807) is 18.5 Å². The monoisotopic (exact) mass is 276 g/mol. The first kappa shape index (κ1) is 12.9. The van der Waals surface area contributed by atoms with Gasteiger partial charge in [0.2, 0.25) is 0 Å². The molecule has 0 aliphatic rings. The van der Waals surface area contributed by atoms with Gasteiger partial charge >= 0.3 is 0 Å². The van der Waals surface area contributed by atoms with Crippen molar-refractivity contribution < 1.29 is 4.79 Å². The van der Waals surface area contributed by atoms with Crippen LogP contribution in [0.1, 0.15) is 10.4 Å². The molecule has 2 aromatic heterocycles. The Morgan fingerprint density at radius 1 is 0.905 bits per heavy atom. The van der Waals surface area contributed by atoms with E-state index in [0.29, 0.717) is 11.4 Å². The third-order valence-corrected chi connectivity index (χ3v) is 2.91. The predicted molar refractivity (Wildman–Crippen MR) is 79.7 cm³/mol. The molecule has 5 nitrogen and oxygen atoms in total. The molecule has 0 saturated carbocycles. The Morgan fingerprint density at radius 3 is 2.52 bits per heavy atom. The van der Waals surface area contributed by atoms with Crippen LogP contribution in [0.25, 0.3) is 11.1 Å². The highest BCUT2D eigenvalue weighted by Crippen LogP contribution is 2.19. The van der Waals surface area contributed by atoms with Gasteiger partial charge in [-0.05, 0) is 11.6 Å². The van der Waals surface area contributed by atoms with Crippen molar-refractivity contribution in [2.75, 3.05) is 5.32 Å². The largest absolute Gasteiger partial charge is 0.305 e. The minimum absolute atomic E-state index is 0.263. The first-order valence-corrected chi connectivity index (χ1v) is 6.41. The van der Waals surface area contributed by atoms with Crippen molar-refractivity contribution in [3.8, 4) is 11.1 Å². The molecular weight excluding hydrogens is 264 g/mol. The van der Waals surface area contributed by atoms with E-state index in [2.05, 4.69) is 20.3 Å². The lowest BCUT2D eigenvalue weighted by Gasteiger charge is -2.05. The van der Waals surface area contributed by atoms with Gasteiger partial charge in [-0.1, -0.05) is 30.3 Å². The van der Waals surface area contributed by atoms with Crippen LogP contribution < -0.4 is 5.32 Å². The molecule has 0 aliphatic heterocycles. The Labute approximate surface area is 121 Å². The average Bonchev–Trinajstić information content (AvgIpc) is 2.57. The molecule has 0 radical (unpaired) electrons. The van der Waals surface area contributed by atoms with Gasteiger partial charge < -0.3 is 5.32 Å². The summed E-state index contributed by atoms with van der Waals surface area (Å²) in [6.07, 6.45) is 7.82. The standard InChI is InChI=1S/C16H12N4O/c21-16(20-15-11-17-6-7-19-15)14-8-13(9-18-10-14)12-4-2-1-3-5-12/h1-11H,(H,19,20,21). The predicted octanol–water partition coefficient (Wildman–Crippen LogP) is 2.79. The van der Waals surface area contributed by atoms with Gasteiger partial charge in [-0.3, -0.25) is 14.8 Å². The number of benzene rings is 1. The van der Waals surface area contributed by atoms with Crippen molar-refractivity contribution in [1.82, 2.24) is 15.0 Å². The number of rotatable bonds is 3. The molecule has 3 rings (SSSR count). The average molecular weight is 276 g/mol. The summed E-state index contributed by atoms with van der Waals surface area (Å²) in [6, 6.07) is 11.6. The van der Waals surface area contributed by atoms with Gasteiger partial charge in [-0.15, -0.1) is 0 Å². The highest BCUT2D eigenvalue weighted by Gasteiger charge is 2.08. The molecule has 21 heavy (non-hydrogen) atoms. The van der Waals surface area contributed by atoms with Crippen LogP contribution in [0.2, 0.25) is 0 Å². The molecule has 0 saturated heterocycles. The first-order chi connectivity index (χ1) is 10.3. The zero-order valence-electron chi connectivity index (χ0n) is 11.1. The van der Waals surface area contributed by atoms with Crippen molar-refractivity contribution in [3.63, 3.8) is 0 Å². The van der Waals surface area contributed by atoms with Gasteiger partial charge in [0.15, 0.2) is 5.82 Å². The van der Waals surface area contributed by atoms with Gasteiger partial charge in [-0.2, -0.15) is 0 Å². The Bertz CT molecular complexity index is 744. The van der Waals surface area contributed by atoms with Crippen molar-refractivity contribution in [3.05, 3.63) is 72.9 Å². The van der Waals surface area contributed by atoms with Crippen LogP contribution in [0.4, 0.5) is 5.82 Å². The number of aromatic nitrogens is 3. The quantitative estimate of drug-likeness (QED) is 0.798. The summed E-state index contributed by atoms with van der Waals surface area (Å²) < 4.78 is 0. The van der Waals surface area contributed by atoms with E-state index < -0.39 is 0 Å². The highest BCUT2D eigenvalue weighted by molar-refractivity contribution is 6.04. The van der Waals surface area contributed by atoms with Gasteiger partial charge in [0.25, 0.3) is 5.91 Å². The van der Waals surface area contributed by atoms with E-state index in [1.165, 1.54) is 18.6 Å². The SMILES string of the molecule is O=C(Nc1cnccn1)c1cncc(-c2ccccc2)c1. The fraction of sp³-hybridized carbons (Fsp3) is 0. The van der Waals surface area contributed by atoms with E-state index in [0.717, 1.165) is 11.1 Å². The number of amides is 1. The van der Waals surface area contributed by atoms with Crippen LogP contribution in [-0.4, -0.2) is 20.9 Å². The topological polar surface area (TPSA) is 67.8 Å². The molecule has 1 amide bonds. The van der Waals surface area contributed by atoms with Gasteiger partial charge in [0.05, 0.1) is 11.8 Å². The lowest BCUT2D eigenvalue weighted by molar-refractivity contribution is 0.102. The normalized spacial score (nSPS) is 10.1. The van der Waals surface area contributed by atoms with Crippen LogP contribution in [0.5, 0.6) is 0 Å². The Hall–Kier alpha value is -3.08. The lowest BCUT2D eigenvalue weighted by atomic mass is 10.1. The maximum Gasteiger partial charge on any atom is 0.258 e. The van der Waals surface area contributed by atoms with Crippen LogP contribution in [0.3, 0.4) is 0 Å². The van der Waals surface area contributed by atoms with Crippen molar-refractivity contribution in [1.29, 1.82) is 0 Å². The van der Waals surface area contributed by atoms with Crippen molar-refractivity contribution in [2.45, 2.75) is 0 Å². The fourth-order valence-corrected chi connectivity index (χ4v) is 1.90. The lowest BCUT2D eigenvalue weighted by Crippen LogP contribution is -2.13. The molecule has 0 fully saturated rings. The highest BCUT2D eigenvalue weighted by atomic mass is 16.1. The molecule has 3 aromatic rings. The second-order valence-electron chi connectivity index (χ2n) is 4.37. The Morgan fingerprint density at radius 2 is 1.76 bits per heavy atom. The number of carbonyl (C=O) groups excluding carboxylic acids is 1. The number of nitrogens with one attached hydrogen (secondary N) is 1. The fourth-order valence-electron chi connectivity index (χ4n) is 1.90. The molecule has 0 atom stereocenters. The van der Waals surface area contributed by atoms with Crippen molar-refractivity contribution >= 4 is 11.7 Å². The Balaban J connectivity index is 1.85. The third kappa shape index (κ3) is 3.09. The summed E-state index contributed by atoms with van der Waals surface area (Å²) in [5, 5.41) is 2.68. The molecule has 0 spiro atoms. The van der Waals surface area contributed by atoms with E-state index in [4.69, 9.17) is 0 Å². The molecule has 0 unspecified atom stereocenters. The smallest absolute Gasteiger partial charge is 0.258 e. The van der Waals surface area contributed by atoms with Gasteiger partial charge in [-0.25, -0.2) is 4.98 Å². The molecule has 1 aromatic carbocycles. The number of pyridine rings is 1.